The van der Waals surface area contributed by atoms with E-state index in [-0.39, 0.29) is 24.5 Å². The number of aliphatic carboxylic acids is 1. The minimum absolute atomic E-state index is 0.0550. The molecule has 2 aliphatic carbocycles. The monoisotopic (exact) mass is 533 g/mol. The number of hydrogen-bond acceptors (Lipinski definition) is 6. The Morgan fingerprint density at radius 2 is 1.82 bits per heavy atom. The first-order chi connectivity index (χ1) is 18.4. The second kappa shape index (κ2) is 11.6. The van der Waals surface area contributed by atoms with Gasteiger partial charge in [-0.15, -0.1) is 11.3 Å². The Hall–Kier alpha value is -3.26. The molecule has 0 bridgehead atoms. The van der Waals surface area contributed by atoms with Crippen molar-refractivity contribution in [1.82, 2.24) is 9.97 Å². The number of carboxylic acids is 1. The van der Waals surface area contributed by atoms with E-state index in [9.17, 15) is 14.7 Å². The number of pyridine rings is 1. The van der Waals surface area contributed by atoms with E-state index in [2.05, 4.69) is 4.98 Å². The standard InChI is InChI=1S/C30H35N3O4S/c1-19(2)37-27-14-11-21(17-31-27)24-9-5-6-10-25(24)26-18-38-30(32-26)33(23-12-13-23)29(36)22(16-28(34)35)15-20-7-3-4-8-20/h5-6,9-11,14,17-20,22-23H,3-4,7-8,12-13,15-16H2,1-2H3,(H,34,35). The molecule has 1 amide bonds. The smallest absolute Gasteiger partial charge is 0.304 e. The minimum atomic E-state index is -0.913. The molecule has 7 nitrogen and oxygen atoms in total. The Kier molecular flexibility index (Phi) is 8.07. The van der Waals surface area contributed by atoms with Gasteiger partial charge >= 0.3 is 5.97 Å². The van der Waals surface area contributed by atoms with Crippen molar-refractivity contribution in [3.05, 3.63) is 48.0 Å². The molecule has 5 rings (SSSR count). The largest absolute Gasteiger partial charge is 0.481 e. The van der Waals surface area contributed by atoms with Crippen LogP contribution in [0.3, 0.4) is 0 Å². The van der Waals surface area contributed by atoms with Crippen molar-refractivity contribution in [2.75, 3.05) is 4.90 Å². The molecule has 1 unspecified atom stereocenters. The number of thiazole rings is 1. The number of rotatable bonds is 11. The van der Waals surface area contributed by atoms with Crippen molar-refractivity contribution in [3.8, 4) is 28.3 Å². The lowest BCUT2D eigenvalue weighted by Crippen LogP contribution is -2.39. The van der Waals surface area contributed by atoms with Crippen LogP contribution in [0.2, 0.25) is 0 Å². The number of benzene rings is 1. The second-order valence-corrected chi connectivity index (χ2v) is 11.6. The van der Waals surface area contributed by atoms with E-state index in [1.165, 1.54) is 24.2 Å². The SMILES string of the molecule is CC(C)Oc1ccc(-c2ccccc2-c2csc(N(C(=O)C(CC(=O)O)CC3CCCC3)C3CC3)n2)cn1. The third-order valence-corrected chi connectivity index (χ3v) is 8.16. The topological polar surface area (TPSA) is 92.6 Å². The fraction of sp³-hybridized carbons (Fsp3) is 0.467. The molecule has 2 aliphatic rings. The van der Waals surface area contributed by atoms with E-state index in [1.807, 2.05) is 61.8 Å². The Bertz CT molecular complexity index is 1260. The Labute approximate surface area is 227 Å². The molecule has 2 heterocycles. The molecule has 3 aromatic rings. The lowest BCUT2D eigenvalue weighted by atomic mass is 9.90. The summed E-state index contributed by atoms with van der Waals surface area (Å²) < 4.78 is 5.69. The van der Waals surface area contributed by atoms with Crippen molar-refractivity contribution in [3.63, 3.8) is 0 Å². The molecule has 0 spiro atoms. The number of amides is 1. The van der Waals surface area contributed by atoms with Gasteiger partial charge in [0, 0.05) is 40.7 Å². The summed E-state index contributed by atoms with van der Waals surface area (Å²) in [5.74, 6) is -0.475. The summed E-state index contributed by atoms with van der Waals surface area (Å²) in [6.45, 7) is 3.94. The maximum Gasteiger partial charge on any atom is 0.304 e. The van der Waals surface area contributed by atoms with Crippen LogP contribution in [0.5, 0.6) is 5.88 Å². The molecule has 38 heavy (non-hydrogen) atoms. The number of nitrogens with zero attached hydrogens (tertiary/aromatic N) is 3. The van der Waals surface area contributed by atoms with Gasteiger partial charge in [0.2, 0.25) is 11.8 Å². The zero-order valence-electron chi connectivity index (χ0n) is 22.0. The van der Waals surface area contributed by atoms with E-state index in [4.69, 9.17) is 9.72 Å². The lowest BCUT2D eigenvalue weighted by Gasteiger charge is -2.26. The van der Waals surface area contributed by atoms with E-state index in [0.717, 1.165) is 48.1 Å². The Morgan fingerprint density at radius 3 is 2.45 bits per heavy atom. The molecule has 8 heteroatoms. The average molecular weight is 534 g/mol. The van der Waals surface area contributed by atoms with E-state index in [0.29, 0.717) is 23.4 Å². The highest BCUT2D eigenvalue weighted by Gasteiger charge is 2.40. The summed E-state index contributed by atoms with van der Waals surface area (Å²) >= 11 is 1.45. The van der Waals surface area contributed by atoms with Crippen molar-refractivity contribution in [2.45, 2.75) is 77.4 Å². The quantitative estimate of drug-likeness (QED) is 0.291. The van der Waals surface area contributed by atoms with Crippen LogP contribution in [-0.2, 0) is 9.59 Å². The summed E-state index contributed by atoms with van der Waals surface area (Å²) in [5, 5.41) is 12.2. The molecule has 1 atom stereocenters. The summed E-state index contributed by atoms with van der Waals surface area (Å²) in [6, 6.07) is 12.0. The van der Waals surface area contributed by atoms with E-state index < -0.39 is 11.9 Å². The van der Waals surface area contributed by atoms with Gasteiger partial charge in [0.1, 0.15) is 0 Å². The molecular formula is C30H35N3O4S. The van der Waals surface area contributed by atoms with Crippen LogP contribution in [-0.4, -0.2) is 39.1 Å². The molecular weight excluding hydrogens is 498 g/mol. The normalized spacial score (nSPS) is 16.5. The highest BCUT2D eigenvalue weighted by atomic mass is 32.1. The van der Waals surface area contributed by atoms with Gasteiger partial charge in [-0.05, 0) is 50.7 Å². The van der Waals surface area contributed by atoms with Gasteiger partial charge in [0.05, 0.1) is 18.2 Å². The van der Waals surface area contributed by atoms with Gasteiger partial charge in [-0.2, -0.15) is 0 Å². The maximum absolute atomic E-state index is 13.8. The van der Waals surface area contributed by atoms with Crippen LogP contribution in [0.1, 0.15) is 65.2 Å². The lowest BCUT2D eigenvalue weighted by molar-refractivity contribution is -0.141. The predicted octanol–water partition coefficient (Wildman–Crippen LogP) is 6.83. The maximum atomic E-state index is 13.8. The van der Waals surface area contributed by atoms with Crippen molar-refractivity contribution in [1.29, 1.82) is 0 Å². The first kappa shape index (κ1) is 26.4. The Morgan fingerprint density at radius 1 is 1.08 bits per heavy atom. The highest BCUT2D eigenvalue weighted by Crippen LogP contribution is 2.40. The van der Waals surface area contributed by atoms with Gasteiger partial charge in [0.25, 0.3) is 0 Å². The average Bonchev–Trinajstić information content (AvgIpc) is 3.37. The molecule has 0 radical (unpaired) electrons. The zero-order chi connectivity index (χ0) is 26.6. The number of anilines is 1. The van der Waals surface area contributed by atoms with E-state index >= 15 is 0 Å². The molecule has 1 aromatic carbocycles. The van der Waals surface area contributed by atoms with Crippen LogP contribution in [0, 0.1) is 11.8 Å². The number of aromatic nitrogens is 2. The predicted molar refractivity (Wildman–Crippen MR) is 149 cm³/mol. The number of carboxylic acid groups (broad SMARTS) is 1. The number of carbonyl (C=O) groups is 2. The van der Waals surface area contributed by atoms with Crippen molar-refractivity contribution < 1.29 is 19.4 Å². The fourth-order valence-electron chi connectivity index (χ4n) is 5.40. The summed E-state index contributed by atoms with van der Waals surface area (Å²) in [4.78, 5) is 36.7. The summed E-state index contributed by atoms with van der Waals surface area (Å²) in [7, 11) is 0. The fourth-order valence-corrected chi connectivity index (χ4v) is 6.30. The second-order valence-electron chi connectivity index (χ2n) is 10.7. The number of carbonyl (C=O) groups excluding carboxylic acids is 1. The van der Waals surface area contributed by atoms with Crippen molar-refractivity contribution in [2.24, 2.45) is 11.8 Å². The summed E-state index contributed by atoms with van der Waals surface area (Å²) in [6.07, 6.45) is 8.76. The third-order valence-electron chi connectivity index (χ3n) is 7.32. The molecule has 1 N–H and O–H groups in total. The van der Waals surface area contributed by atoms with Gasteiger partial charge < -0.3 is 9.84 Å². The van der Waals surface area contributed by atoms with Crippen LogP contribution in [0.25, 0.3) is 22.4 Å². The number of hydrogen-bond donors (Lipinski definition) is 1. The van der Waals surface area contributed by atoms with Crippen LogP contribution < -0.4 is 9.64 Å². The third kappa shape index (κ3) is 6.23. The number of ether oxygens (including phenoxy) is 1. The van der Waals surface area contributed by atoms with Gasteiger partial charge in [-0.25, -0.2) is 9.97 Å². The molecule has 2 saturated carbocycles. The van der Waals surface area contributed by atoms with Crippen LogP contribution >= 0.6 is 11.3 Å². The first-order valence-corrected chi connectivity index (χ1v) is 14.5. The molecule has 0 saturated heterocycles. The highest BCUT2D eigenvalue weighted by molar-refractivity contribution is 7.14. The van der Waals surface area contributed by atoms with Crippen molar-refractivity contribution >= 4 is 28.3 Å². The molecule has 200 valence electrons. The van der Waals surface area contributed by atoms with Gasteiger partial charge in [-0.3, -0.25) is 14.5 Å². The van der Waals surface area contributed by atoms with Crippen LogP contribution in [0.4, 0.5) is 5.13 Å². The van der Waals surface area contributed by atoms with E-state index in [1.54, 1.807) is 4.90 Å². The Balaban J connectivity index is 1.41. The molecule has 0 aliphatic heterocycles. The molecule has 2 aromatic heterocycles. The first-order valence-electron chi connectivity index (χ1n) is 13.6. The minimum Gasteiger partial charge on any atom is -0.481 e. The van der Waals surface area contributed by atoms with Crippen LogP contribution in [0.15, 0.2) is 48.0 Å². The molecule has 2 fully saturated rings. The van der Waals surface area contributed by atoms with Gasteiger partial charge in [-0.1, -0.05) is 49.9 Å². The zero-order valence-corrected chi connectivity index (χ0v) is 22.8. The summed E-state index contributed by atoms with van der Waals surface area (Å²) in [5.41, 5.74) is 3.72. The van der Waals surface area contributed by atoms with Gasteiger partial charge in [0.15, 0.2) is 5.13 Å².